The largest absolute Gasteiger partial charge is 0.391 e. The number of hydrogen-bond donors (Lipinski definition) is 2. The molecule has 1 fully saturated rings. The smallest absolute Gasteiger partial charge is 0.215 e. The molecule has 0 radical (unpaired) electrons. The number of aliphatic hydroxyl groups excluding tert-OH is 1. The summed E-state index contributed by atoms with van der Waals surface area (Å²) < 4.78 is 38.5. The molecule has 2 rings (SSSR count). The van der Waals surface area contributed by atoms with E-state index in [1.165, 1.54) is 24.3 Å². The molecule has 1 atom stereocenters. The number of nitrogens with one attached hydrogen (secondary N) is 1. The molecule has 2 N–H and O–H groups in total. The van der Waals surface area contributed by atoms with Gasteiger partial charge in [-0.15, -0.1) is 0 Å². The second-order valence-electron chi connectivity index (χ2n) is 4.64. The van der Waals surface area contributed by atoms with Crippen LogP contribution in [0.5, 0.6) is 0 Å². The van der Waals surface area contributed by atoms with E-state index in [-0.39, 0.29) is 18.2 Å². The molecule has 0 bridgehead atoms. The molecular weight excluding hydrogens is 257 g/mol. The molecule has 100 valence electrons. The fourth-order valence-electron chi connectivity index (χ4n) is 1.71. The van der Waals surface area contributed by atoms with E-state index in [1.54, 1.807) is 0 Å². The summed E-state index contributed by atoms with van der Waals surface area (Å²) in [5, 5.41) is 9.58. The van der Waals surface area contributed by atoms with Crippen molar-refractivity contribution in [1.82, 2.24) is 4.72 Å². The Hall–Kier alpha value is -0.980. The first-order valence-corrected chi connectivity index (χ1v) is 7.51. The van der Waals surface area contributed by atoms with Crippen LogP contribution in [0.25, 0.3) is 0 Å². The number of sulfonamides is 1. The quantitative estimate of drug-likeness (QED) is 0.813. The molecule has 1 saturated carbocycles. The van der Waals surface area contributed by atoms with E-state index in [1.807, 2.05) is 0 Å². The van der Waals surface area contributed by atoms with Gasteiger partial charge in [-0.3, -0.25) is 0 Å². The lowest BCUT2D eigenvalue weighted by Crippen LogP contribution is -2.33. The predicted octanol–water partition coefficient (Wildman–Crippen LogP) is 1.02. The van der Waals surface area contributed by atoms with E-state index in [0.717, 1.165) is 12.8 Å². The van der Waals surface area contributed by atoms with E-state index in [9.17, 15) is 17.9 Å². The first kappa shape index (κ1) is 13.5. The Morgan fingerprint density at radius 3 is 2.50 bits per heavy atom. The van der Waals surface area contributed by atoms with Crippen LogP contribution in [0.4, 0.5) is 4.39 Å². The van der Waals surface area contributed by atoms with E-state index >= 15 is 0 Å². The number of benzene rings is 1. The van der Waals surface area contributed by atoms with Gasteiger partial charge in [0.25, 0.3) is 0 Å². The molecule has 0 saturated heterocycles. The number of rotatable bonds is 6. The van der Waals surface area contributed by atoms with Gasteiger partial charge in [0.1, 0.15) is 5.82 Å². The van der Waals surface area contributed by atoms with Gasteiger partial charge in [-0.25, -0.2) is 17.5 Å². The summed E-state index contributed by atoms with van der Waals surface area (Å²) in [6.45, 7) is 0.0498. The highest BCUT2D eigenvalue weighted by Crippen LogP contribution is 2.32. The SMILES string of the molecule is O=S(=O)(Cc1ccc(F)cc1)NCC(O)C1CC1. The van der Waals surface area contributed by atoms with Crippen LogP contribution >= 0.6 is 0 Å². The third-order valence-corrected chi connectivity index (χ3v) is 4.27. The van der Waals surface area contributed by atoms with Gasteiger partial charge >= 0.3 is 0 Å². The average Bonchev–Trinajstić information content (AvgIpc) is 3.13. The number of aliphatic hydroxyl groups is 1. The van der Waals surface area contributed by atoms with E-state index in [4.69, 9.17) is 0 Å². The molecule has 1 aliphatic rings. The Labute approximate surface area is 106 Å². The first-order valence-electron chi connectivity index (χ1n) is 5.86. The highest BCUT2D eigenvalue weighted by Gasteiger charge is 2.30. The standard InChI is InChI=1S/C12H16FNO3S/c13-11-5-1-9(2-6-11)8-18(16,17)14-7-12(15)10-3-4-10/h1-2,5-6,10,12,14-15H,3-4,7-8H2. The van der Waals surface area contributed by atoms with E-state index in [0.29, 0.717) is 5.56 Å². The van der Waals surface area contributed by atoms with Gasteiger partial charge in [0.15, 0.2) is 0 Å². The summed E-state index contributed by atoms with van der Waals surface area (Å²) in [6.07, 6.45) is 1.31. The summed E-state index contributed by atoms with van der Waals surface area (Å²) in [4.78, 5) is 0. The Kier molecular flexibility index (Phi) is 3.99. The molecule has 4 nitrogen and oxygen atoms in total. The highest BCUT2D eigenvalue weighted by molar-refractivity contribution is 7.88. The Morgan fingerprint density at radius 2 is 1.94 bits per heavy atom. The van der Waals surface area contributed by atoms with Crippen LogP contribution in [-0.2, 0) is 15.8 Å². The molecule has 0 amide bonds. The molecule has 0 heterocycles. The van der Waals surface area contributed by atoms with Gasteiger partial charge in [-0.1, -0.05) is 12.1 Å². The van der Waals surface area contributed by atoms with E-state index < -0.39 is 21.9 Å². The molecule has 0 aliphatic heterocycles. The van der Waals surface area contributed by atoms with Crippen molar-refractivity contribution in [2.75, 3.05) is 6.54 Å². The fraction of sp³-hybridized carbons (Fsp3) is 0.500. The maximum absolute atomic E-state index is 12.7. The molecule has 0 spiro atoms. The molecule has 6 heteroatoms. The Bertz CT molecular complexity index is 497. The topological polar surface area (TPSA) is 66.4 Å². The molecule has 1 aromatic carbocycles. The predicted molar refractivity (Wildman–Crippen MR) is 65.8 cm³/mol. The summed E-state index contributed by atoms with van der Waals surface area (Å²) in [6, 6.07) is 5.32. The monoisotopic (exact) mass is 273 g/mol. The van der Waals surface area contributed by atoms with Crippen molar-refractivity contribution in [3.8, 4) is 0 Å². The second kappa shape index (κ2) is 5.34. The van der Waals surface area contributed by atoms with Gasteiger partial charge in [0.05, 0.1) is 11.9 Å². The summed E-state index contributed by atoms with van der Waals surface area (Å²) >= 11 is 0. The number of hydrogen-bond acceptors (Lipinski definition) is 3. The zero-order valence-corrected chi connectivity index (χ0v) is 10.7. The maximum Gasteiger partial charge on any atom is 0.215 e. The maximum atomic E-state index is 12.7. The zero-order valence-electron chi connectivity index (χ0n) is 9.84. The second-order valence-corrected chi connectivity index (χ2v) is 6.45. The Morgan fingerprint density at radius 1 is 1.33 bits per heavy atom. The van der Waals surface area contributed by atoms with Crippen LogP contribution in [-0.4, -0.2) is 26.2 Å². The molecule has 1 aliphatic carbocycles. The van der Waals surface area contributed by atoms with Crippen molar-refractivity contribution in [2.24, 2.45) is 5.92 Å². The molecular formula is C12H16FNO3S. The van der Waals surface area contributed by atoms with Crippen molar-refractivity contribution in [1.29, 1.82) is 0 Å². The summed E-state index contributed by atoms with van der Waals surface area (Å²) in [5.41, 5.74) is 0.518. The van der Waals surface area contributed by atoms with Gasteiger partial charge < -0.3 is 5.11 Å². The molecule has 1 unspecified atom stereocenters. The lowest BCUT2D eigenvalue weighted by molar-refractivity contribution is 0.155. The van der Waals surface area contributed by atoms with Crippen molar-refractivity contribution < 1.29 is 17.9 Å². The highest BCUT2D eigenvalue weighted by atomic mass is 32.2. The van der Waals surface area contributed by atoms with Crippen molar-refractivity contribution in [3.63, 3.8) is 0 Å². The van der Waals surface area contributed by atoms with Crippen LogP contribution < -0.4 is 4.72 Å². The van der Waals surface area contributed by atoms with Crippen LogP contribution in [0.3, 0.4) is 0 Å². The average molecular weight is 273 g/mol. The van der Waals surface area contributed by atoms with Crippen LogP contribution in [0.1, 0.15) is 18.4 Å². The molecule has 18 heavy (non-hydrogen) atoms. The third kappa shape index (κ3) is 4.04. The van der Waals surface area contributed by atoms with Crippen LogP contribution in [0.15, 0.2) is 24.3 Å². The molecule has 0 aromatic heterocycles. The van der Waals surface area contributed by atoms with Crippen molar-refractivity contribution in [2.45, 2.75) is 24.7 Å². The van der Waals surface area contributed by atoms with Gasteiger partial charge in [0, 0.05) is 6.54 Å². The van der Waals surface area contributed by atoms with Crippen LogP contribution in [0, 0.1) is 11.7 Å². The lowest BCUT2D eigenvalue weighted by atomic mass is 10.2. The molecule has 1 aromatic rings. The van der Waals surface area contributed by atoms with E-state index in [2.05, 4.69) is 4.72 Å². The summed E-state index contributed by atoms with van der Waals surface area (Å²) in [7, 11) is -3.48. The first-order chi connectivity index (χ1) is 8.46. The fourth-order valence-corrected chi connectivity index (χ4v) is 2.87. The van der Waals surface area contributed by atoms with Gasteiger partial charge in [-0.05, 0) is 36.5 Å². The zero-order chi connectivity index (χ0) is 13.2. The van der Waals surface area contributed by atoms with Crippen molar-refractivity contribution in [3.05, 3.63) is 35.6 Å². The third-order valence-electron chi connectivity index (χ3n) is 2.95. The lowest BCUT2D eigenvalue weighted by Gasteiger charge is -2.11. The minimum Gasteiger partial charge on any atom is -0.391 e. The summed E-state index contributed by atoms with van der Waals surface area (Å²) in [5.74, 6) is -0.364. The van der Waals surface area contributed by atoms with Crippen LogP contribution in [0.2, 0.25) is 0 Å². The van der Waals surface area contributed by atoms with Gasteiger partial charge in [-0.2, -0.15) is 0 Å². The minimum absolute atomic E-state index is 0.0498. The Balaban J connectivity index is 1.88. The minimum atomic E-state index is -3.48. The normalized spacial score (nSPS) is 17.7. The van der Waals surface area contributed by atoms with Gasteiger partial charge in [0.2, 0.25) is 10.0 Å². The van der Waals surface area contributed by atoms with Crippen molar-refractivity contribution >= 4 is 10.0 Å². The number of halogens is 1.